The number of benzene rings is 2. The molecular formula is C29H33N5O4S. The minimum absolute atomic E-state index is 0.0359. The molecule has 4 aromatic rings. The molecule has 10 heteroatoms. The van der Waals surface area contributed by atoms with Gasteiger partial charge in [0, 0.05) is 48.7 Å². The first-order valence-electron chi connectivity index (χ1n) is 13.3. The van der Waals surface area contributed by atoms with Crippen LogP contribution in [0.1, 0.15) is 41.4 Å². The van der Waals surface area contributed by atoms with Crippen LogP contribution < -0.4 is 10.5 Å². The summed E-state index contributed by atoms with van der Waals surface area (Å²) in [5, 5.41) is 0. The topological polar surface area (TPSA) is 112 Å². The van der Waals surface area contributed by atoms with E-state index in [0.29, 0.717) is 52.8 Å². The summed E-state index contributed by atoms with van der Waals surface area (Å²) in [4.78, 5) is 20.6. The molecular weight excluding hydrogens is 514 g/mol. The fraction of sp³-hybridized carbons (Fsp3) is 0.379. The van der Waals surface area contributed by atoms with Gasteiger partial charge in [-0.2, -0.15) is 0 Å². The molecule has 2 aromatic heterocycles. The van der Waals surface area contributed by atoms with Crippen LogP contribution in [0, 0.1) is 12.8 Å². The van der Waals surface area contributed by atoms with E-state index in [4.69, 9.17) is 15.5 Å². The maximum atomic E-state index is 13.5. The molecule has 1 saturated carbocycles. The van der Waals surface area contributed by atoms with E-state index < -0.39 is 10.0 Å². The Morgan fingerprint density at radius 2 is 1.90 bits per heavy atom. The first-order valence-corrected chi connectivity index (χ1v) is 14.7. The lowest BCUT2D eigenvalue weighted by atomic mass is 10.1. The van der Waals surface area contributed by atoms with Gasteiger partial charge >= 0.3 is 0 Å². The van der Waals surface area contributed by atoms with Crippen molar-refractivity contribution in [2.24, 2.45) is 18.7 Å². The lowest BCUT2D eigenvalue weighted by Gasteiger charge is -2.27. The number of methoxy groups -OCH3 is 1. The Bertz CT molecular complexity index is 1700. The summed E-state index contributed by atoms with van der Waals surface area (Å²) >= 11 is 0. The van der Waals surface area contributed by atoms with Crippen molar-refractivity contribution in [1.82, 2.24) is 18.4 Å². The fourth-order valence-electron chi connectivity index (χ4n) is 6.32. The number of imidazole rings is 1. The highest BCUT2D eigenvalue weighted by Gasteiger charge is 2.47. The highest BCUT2D eigenvalue weighted by molar-refractivity contribution is 7.90. The molecule has 204 valence electrons. The minimum Gasteiger partial charge on any atom is -0.494 e. The number of fused-ring (bicyclic) bond motifs is 3. The number of hydrogen-bond donors (Lipinski definition) is 1. The Morgan fingerprint density at radius 1 is 1.15 bits per heavy atom. The van der Waals surface area contributed by atoms with Gasteiger partial charge in [-0.05, 0) is 62.4 Å². The zero-order valence-corrected chi connectivity index (χ0v) is 23.4. The van der Waals surface area contributed by atoms with Gasteiger partial charge in [0.2, 0.25) is 0 Å². The highest BCUT2D eigenvalue weighted by atomic mass is 32.2. The molecule has 2 fully saturated rings. The minimum atomic E-state index is -3.78. The SMILES string of the molecule is CCc1c(-c2nc3cc(C(=O)N4C[C@H]5CC[C@@H]4[C@@H]5N)cc(OC)c3n2C)ccn1S(=O)(=O)c1ccc(C)cc1. The van der Waals surface area contributed by atoms with E-state index in [0.717, 1.165) is 23.9 Å². The van der Waals surface area contributed by atoms with Crippen LogP contribution in [0.25, 0.3) is 22.4 Å². The average molecular weight is 548 g/mol. The first kappa shape index (κ1) is 25.6. The van der Waals surface area contributed by atoms with Crippen molar-refractivity contribution in [2.45, 2.75) is 50.1 Å². The van der Waals surface area contributed by atoms with Crippen LogP contribution in [0.15, 0.2) is 53.6 Å². The number of carbonyl (C=O) groups is 1. The molecule has 1 saturated heterocycles. The van der Waals surface area contributed by atoms with Crippen molar-refractivity contribution < 1.29 is 17.9 Å². The van der Waals surface area contributed by atoms with E-state index in [1.807, 2.05) is 30.4 Å². The van der Waals surface area contributed by atoms with E-state index in [9.17, 15) is 13.2 Å². The molecule has 6 rings (SSSR count). The molecule has 2 aliphatic rings. The summed E-state index contributed by atoms with van der Waals surface area (Å²) in [5.41, 5.74) is 10.5. The Balaban J connectivity index is 1.43. The summed E-state index contributed by atoms with van der Waals surface area (Å²) in [7, 11) is -0.335. The predicted molar refractivity (Wildman–Crippen MR) is 149 cm³/mol. The van der Waals surface area contributed by atoms with Crippen LogP contribution in [0.4, 0.5) is 0 Å². The molecule has 2 N–H and O–H groups in total. The normalized spacial score (nSPS) is 20.7. The zero-order valence-electron chi connectivity index (χ0n) is 22.6. The second-order valence-electron chi connectivity index (χ2n) is 10.6. The van der Waals surface area contributed by atoms with Crippen LogP contribution in [0.2, 0.25) is 0 Å². The quantitative estimate of drug-likeness (QED) is 0.394. The van der Waals surface area contributed by atoms with E-state index in [1.54, 1.807) is 55.8 Å². The number of piperidine rings is 1. The molecule has 0 spiro atoms. The van der Waals surface area contributed by atoms with Crippen LogP contribution in [-0.4, -0.2) is 58.5 Å². The lowest BCUT2D eigenvalue weighted by Crippen LogP contribution is -2.41. The Morgan fingerprint density at radius 3 is 2.51 bits per heavy atom. The predicted octanol–water partition coefficient (Wildman–Crippen LogP) is 3.72. The number of amides is 1. The van der Waals surface area contributed by atoms with Crippen molar-refractivity contribution in [3.8, 4) is 17.1 Å². The lowest BCUT2D eigenvalue weighted by molar-refractivity contribution is 0.0700. The third-order valence-corrected chi connectivity index (χ3v) is 10.2. The first-order chi connectivity index (χ1) is 18.6. The second kappa shape index (κ2) is 9.24. The second-order valence-corrected chi connectivity index (χ2v) is 12.4. The van der Waals surface area contributed by atoms with Gasteiger partial charge in [-0.1, -0.05) is 24.6 Å². The summed E-state index contributed by atoms with van der Waals surface area (Å²) in [6, 6.07) is 12.3. The van der Waals surface area contributed by atoms with Crippen molar-refractivity contribution in [1.29, 1.82) is 0 Å². The van der Waals surface area contributed by atoms with Crippen LogP contribution >= 0.6 is 0 Å². The number of aryl methyl sites for hydroxylation is 2. The highest BCUT2D eigenvalue weighted by Crippen LogP contribution is 2.39. The third-order valence-electron chi connectivity index (χ3n) is 8.42. The number of rotatable bonds is 6. The van der Waals surface area contributed by atoms with Crippen molar-refractivity contribution in [3.63, 3.8) is 0 Å². The maximum absolute atomic E-state index is 13.5. The fourth-order valence-corrected chi connectivity index (χ4v) is 7.77. The van der Waals surface area contributed by atoms with Gasteiger partial charge in [0.15, 0.2) is 0 Å². The molecule has 0 radical (unpaired) electrons. The number of likely N-dealkylation sites (tertiary alicyclic amines) is 1. The molecule has 1 aliphatic heterocycles. The molecule has 1 amide bonds. The molecule has 2 aromatic carbocycles. The van der Waals surface area contributed by atoms with Crippen LogP contribution in [0.3, 0.4) is 0 Å². The largest absolute Gasteiger partial charge is 0.494 e. The Labute approximate surface area is 228 Å². The van der Waals surface area contributed by atoms with Gasteiger partial charge in [0.05, 0.1) is 17.5 Å². The summed E-state index contributed by atoms with van der Waals surface area (Å²) in [6.07, 6.45) is 4.07. The van der Waals surface area contributed by atoms with Crippen molar-refractivity contribution in [2.75, 3.05) is 13.7 Å². The van der Waals surface area contributed by atoms with E-state index in [1.165, 1.54) is 3.97 Å². The molecule has 2 bridgehead atoms. The summed E-state index contributed by atoms with van der Waals surface area (Å²) in [5.74, 6) is 1.44. The molecule has 3 heterocycles. The van der Waals surface area contributed by atoms with E-state index >= 15 is 0 Å². The molecule has 0 unspecified atom stereocenters. The number of hydrogen-bond acceptors (Lipinski definition) is 6. The van der Waals surface area contributed by atoms with Crippen LogP contribution in [-0.2, 0) is 23.5 Å². The van der Waals surface area contributed by atoms with Gasteiger partial charge in [-0.15, -0.1) is 0 Å². The van der Waals surface area contributed by atoms with E-state index in [-0.39, 0.29) is 22.9 Å². The van der Waals surface area contributed by atoms with E-state index in [2.05, 4.69) is 0 Å². The van der Waals surface area contributed by atoms with Gasteiger partial charge in [0.25, 0.3) is 15.9 Å². The maximum Gasteiger partial charge on any atom is 0.267 e. The Hall–Kier alpha value is -3.63. The average Bonchev–Trinajstić information content (AvgIpc) is 3.69. The molecule has 9 nitrogen and oxygen atoms in total. The van der Waals surface area contributed by atoms with Gasteiger partial charge in [-0.3, -0.25) is 4.79 Å². The van der Waals surface area contributed by atoms with Gasteiger partial charge in [0.1, 0.15) is 17.1 Å². The zero-order chi connectivity index (χ0) is 27.6. The molecule has 3 atom stereocenters. The van der Waals surface area contributed by atoms with Gasteiger partial charge in [-0.25, -0.2) is 17.4 Å². The smallest absolute Gasteiger partial charge is 0.267 e. The number of carbonyl (C=O) groups excluding carboxylic acids is 1. The standard InChI is InChI=1S/C29H33N5O4S/c1-5-23-21(12-13-34(23)39(36,37)20-9-6-17(2)7-10-20)28-31-22-14-19(15-25(38-4)27(22)32(28)3)29(35)33-16-18-8-11-24(33)26(18)30/h6-7,9-10,12-15,18,24,26H,5,8,11,16,30H2,1-4H3/t18-,24-,26-/m1/s1. The summed E-state index contributed by atoms with van der Waals surface area (Å²) < 4.78 is 36.0. The monoisotopic (exact) mass is 547 g/mol. The number of ether oxygens (including phenoxy) is 1. The van der Waals surface area contributed by atoms with Crippen molar-refractivity contribution in [3.05, 3.63) is 65.5 Å². The molecule has 39 heavy (non-hydrogen) atoms. The number of nitrogens with zero attached hydrogens (tertiary/aromatic N) is 4. The Kier molecular flexibility index (Phi) is 6.07. The van der Waals surface area contributed by atoms with Gasteiger partial charge < -0.3 is 19.9 Å². The third kappa shape index (κ3) is 3.88. The summed E-state index contributed by atoms with van der Waals surface area (Å²) in [6.45, 7) is 4.53. The van der Waals surface area contributed by atoms with Crippen molar-refractivity contribution >= 4 is 27.0 Å². The number of aromatic nitrogens is 3. The number of nitrogens with two attached hydrogens (primary N) is 1. The molecule has 1 aliphatic carbocycles. The van der Waals surface area contributed by atoms with Crippen LogP contribution in [0.5, 0.6) is 5.75 Å².